The number of fused-ring (bicyclic) bond motifs is 2. The van der Waals surface area contributed by atoms with Crippen LogP contribution in [0.4, 0.5) is 0 Å². The standard InChI is InChI=1S/C22H26O2S2/c1-25-17-11-13-7-3-5-9-15(13)19(21(17)23)20-16-10-6-4-8-14(16)12-18(26-2)22(20)24/h11-12,23-24H,3-10H2,1-2H3. The van der Waals surface area contributed by atoms with Gasteiger partial charge in [-0.1, -0.05) is 0 Å². The first-order chi connectivity index (χ1) is 12.7. The maximum Gasteiger partial charge on any atom is 0.137 e. The number of aryl methyl sites for hydroxylation is 2. The smallest absolute Gasteiger partial charge is 0.137 e. The molecule has 2 nitrogen and oxygen atoms in total. The molecule has 0 spiro atoms. The summed E-state index contributed by atoms with van der Waals surface area (Å²) in [6.45, 7) is 0. The van der Waals surface area contributed by atoms with Crippen molar-refractivity contribution < 1.29 is 10.2 Å². The van der Waals surface area contributed by atoms with Gasteiger partial charge in [-0.05, 0) is 98.3 Å². The second kappa shape index (κ2) is 7.40. The fraction of sp³-hybridized carbons (Fsp3) is 0.455. The molecule has 2 N–H and O–H groups in total. The van der Waals surface area contributed by atoms with Gasteiger partial charge in [0.25, 0.3) is 0 Å². The molecule has 2 aliphatic rings. The van der Waals surface area contributed by atoms with Crippen molar-refractivity contribution in [3.05, 3.63) is 34.4 Å². The molecule has 26 heavy (non-hydrogen) atoms. The first-order valence-electron chi connectivity index (χ1n) is 9.49. The Morgan fingerprint density at radius 2 is 1.04 bits per heavy atom. The normalized spacial score (nSPS) is 16.2. The van der Waals surface area contributed by atoms with Crippen LogP contribution in [0.25, 0.3) is 11.1 Å². The summed E-state index contributed by atoms with van der Waals surface area (Å²) in [6, 6.07) is 4.33. The minimum Gasteiger partial charge on any atom is -0.506 e. The fourth-order valence-electron chi connectivity index (χ4n) is 4.58. The van der Waals surface area contributed by atoms with Gasteiger partial charge in [-0.3, -0.25) is 0 Å². The van der Waals surface area contributed by atoms with E-state index < -0.39 is 0 Å². The van der Waals surface area contributed by atoms with Gasteiger partial charge in [0.05, 0.1) is 0 Å². The molecule has 0 saturated carbocycles. The van der Waals surface area contributed by atoms with E-state index in [0.29, 0.717) is 11.5 Å². The van der Waals surface area contributed by atoms with Crippen molar-refractivity contribution in [2.24, 2.45) is 0 Å². The zero-order valence-electron chi connectivity index (χ0n) is 15.5. The summed E-state index contributed by atoms with van der Waals surface area (Å²) in [5, 5.41) is 22.3. The van der Waals surface area contributed by atoms with E-state index in [1.807, 2.05) is 12.5 Å². The molecule has 0 atom stereocenters. The van der Waals surface area contributed by atoms with E-state index in [1.54, 1.807) is 23.5 Å². The molecule has 0 amide bonds. The first kappa shape index (κ1) is 18.1. The van der Waals surface area contributed by atoms with Gasteiger partial charge in [-0.2, -0.15) is 0 Å². The molecule has 4 heteroatoms. The van der Waals surface area contributed by atoms with Crippen molar-refractivity contribution >= 4 is 23.5 Å². The number of aromatic hydroxyl groups is 2. The minimum absolute atomic E-state index is 0.361. The molecule has 0 aliphatic heterocycles. The van der Waals surface area contributed by atoms with Gasteiger partial charge in [-0.15, -0.1) is 23.5 Å². The zero-order valence-corrected chi connectivity index (χ0v) is 17.2. The van der Waals surface area contributed by atoms with Crippen LogP contribution in [0.1, 0.15) is 47.9 Å². The highest BCUT2D eigenvalue weighted by Crippen LogP contribution is 2.51. The molecule has 0 radical (unpaired) electrons. The van der Waals surface area contributed by atoms with Gasteiger partial charge >= 0.3 is 0 Å². The van der Waals surface area contributed by atoms with Gasteiger partial charge in [0, 0.05) is 20.9 Å². The van der Waals surface area contributed by atoms with E-state index in [4.69, 9.17) is 0 Å². The topological polar surface area (TPSA) is 40.5 Å². The largest absolute Gasteiger partial charge is 0.506 e. The Bertz CT molecular complexity index is 787. The molecule has 4 rings (SSSR count). The van der Waals surface area contributed by atoms with Crippen LogP contribution in [-0.2, 0) is 25.7 Å². The molecule has 2 aromatic rings. The number of rotatable bonds is 3. The number of phenolic OH excluding ortho intramolecular Hbond substituents is 2. The van der Waals surface area contributed by atoms with Crippen molar-refractivity contribution in [3.63, 3.8) is 0 Å². The quantitative estimate of drug-likeness (QED) is 0.638. The molecule has 138 valence electrons. The maximum atomic E-state index is 11.1. The van der Waals surface area contributed by atoms with E-state index in [0.717, 1.165) is 59.4 Å². The lowest BCUT2D eigenvalue weighted by Crippen LogP contribution is -2.10. The van der Waals surface area contributed by atoms with E-state index >= 15 is 0 Å². The summed E-state index contributed by atoms with van der Waals surface area (Å²) in [5.41, 5.74) is 7.05. The zero-order chi connectivity index (χ0) is 18.3. The highest BCUT2D eigenvalue weighted by molar-refractivity contribution is 7.99. The van der Waals surface area contributed by atoms with Crippen molar-refractivity contribution in [2.45, 2.75) is 61.2 Å². The van der Waals surface area contributed by atoms with Crippen LogP contribution in [0.15, 0.2) is 21.9 Å². The highest BCUT2D eigenvalue weighted by atomic mass is 32.2. The van der Waals surface area contributed by atoms with E-state index in [9.17, 15) is 10.2 Å². The summed E-state index contributed by atoms with van der Waals surface area (Å²) in [4.78, 5) is 1.86. The molecule has 0 unspecified atom stereocenters. The van der Waals surface area contributed by atoms with Gasteiger partial charge in [-0.25, -0.2) is 0 Å². The molecule has 0 bridgehead atoms. The summed E-state index contributed by atoms with van der Waals surface area (Å²) in [7, 11) is 0. The molecule has 0 saturated heterocycles. The fourth-order valence-corrected chi connectivity index (χ4v) is 5.69. The van der Waals surface area contributed by atoms with Crippen LogP contribution in [-0.4, -0.2) is 22.7 Å². The van der Waals surface area contributed by atoms with E-state index in [1.165, 1.54) is 35.1 Å². The number of phenols is 2. The number of hydrogen-bond acceptors (Lipinski definition) is 4. The Kier molecular flexibility index (Phi) is 5.15. The summed E-state index contributed by atoms with van der Waals surface area (Å²) in [5.74, 6) is 0.721. The van der Waals surface area contributed by atoms with Crippen molar-refractivity contribution in [1.82, 2.24) is 0 Å². The van der Waals surface area contributed by atoms with Crippen LogP contribution >= 0.6 is 23.5 Å². The average Bonchev–Trinajstić information content (AvgIpc) is 2.68. The molecular formula is C22H26O2S2. The van der Waals surface area contributed by atoms with Gasteiger partial charge in [0.15, 0.2) is 0 Å². The van der Waals surface area contributed by atoms with E-state index in [-0.39, 0.29) is 0 Å². The second-order valence-corrected chi connectivity index (χ2v) is 8.99. The molecule has 2 aliphatic carbocycles. The summed E-state index contributed by atoms with van der Waals surface area (Å²) >= 11 is 3.19. The lowest BCUT2D eigenvalue weighted by atomic mass is 9.80. The van der Waals surface area contributed by atoms with Crippen LogP contribution in [0, 0.1) is 0 Å². The van der Waals surface area contributed by atoms with Crippen LogP contribution in [0.2, 0.25) is 0 Å². The van der Waals surface area contributed by atoms with Crippen molar-refractivity contribution in [2.75, 3.05) is 12.5 Å². The SMILES string of the molecule is CSc1cc2c(c(-c3c(O)c(SC)cc4c3CCCC4)c1O)CCCC2. The predicted molar refractivity (Wildman–Crippen MR) is 112 cm³/mol. The van der Waals surface area contributed by atoms with Crippen LogP contribution in [0.3, 0.4) is 0 Å². The van der Waals surface area contributed by atoms with Gasteiger partial charge in [0.2, 0.25) is 0 Å². The average molecular weight is 387 g/mol. The number of benzene rings is 2. The Morgan fingerprint density at radius 3 is 1.42 bits per heavy atom. The van der Waals surface area contributed by atoms with E-state index in [2.05, 4.69) is 12.1 Å². The highest BCUT2D eigenvalue weighted by Gasteiger charge is 2.28. The molecule has 2 aromatic carbocycles. The Balaban J connectivity index is 2.07. The molecule has 0 aromatic heterocycles. The summed E-state index contributed by atoms with van der Waals surface area (Å²) < 4.78 is 0. The van der Waals surface area contributed by atoms with Crippen molar-refractivity contribution in [1.29, 1.82) is 0 Å². The lowest BCUT2D eigenvalue weighted by molar-refractivity contribution is 0.453. The Labute approximate surface area is 164 Å². The number of thioether (sulfide) groups is 2. The minimum atomic E-state index is 0.361. The van der Waals surface area contributed by atoms with Crippen LogP contribution in [0.5, 0.6) is 11.5 Å². The third kappa shape index (κ3) is 2.91. The van der Waals surface area contributed by atoms with Crippen LogP contribution < -0.4 is 0 Å². The van der Waals surface area contributed by atoms with Gasteiger partial charge < -0.3 is 10.2 Å². The summed E-state index contributed by atoms with van der Waals surface area (Å²) in [6.07, 6.45) is 12.9. The third-order valence-corrected chi connectivity index (χ3v) is 7.37. The molecule has 0 fully saturated rings. The molecule has 0 heterocycles. The maximum absolute atomic E-state index is 11.1. The molecular weight excluding hydrogens is 360 g/mol. The van der Waals surface area contributed by atoms with Gasteiger partial charge in [0.1, 0.15) is 11.5 Å². The van der Waals surface area contributed by atoms with Crippen molar-refractivity contribution in [3.8, 4) is 22.6 Å². The second-order valence-electron chi connectivity index (χ2n) is 7.29. The Hall–Kier alpha value is -1.26. The monoisotopic (exact) mass is 386 g/mol. The third-order valence-electron chi connectivity index (χ3n) is 5.87. The lowest BCUT2D eigenvalue weighted by Gasteiger charge is -2.27. The number of hydrogen-bond donors (Lipinski definition) is 2. The Morgan fingerprint density at radius 1 is 0.654 bits per heavy atom. The first-order valence-corrected chi connectivity index (χ1v) is 11.9. The predicted octanol–water partition coefficient (Wildman–Crippen LogP) is 5.97.